The lowest BCUT2D eigenvalue weighted by Gasteiger charge is -2.16. The summed E-state index contributed by atoms with van der Waals surface area (Å²) in [4.78, 5) is 0. The predicted octanol–water partition coefficient (Wildman–Crippen LogP) is 3.63. The largest absolute Gasteiger partial charge is 0.330 e. The molecule has 0 heterocycles. The minimum atomic E-state index is -2.99. The predicted molar refractivity (Wildman–Crippen MR) is 65.8 cm³/mol. The lowest BCUT2D eigenvalue weighted by Crippen LogP contribution is -2.02. The topological polar surface area (TPSA) is 35.5 Å². The van der Waals surface area contributed by atoms with E-state index in [4.69, 9.17) is 9.05 Å². The van der Waals surface area contributed by atoms with Gasteiger partial charge in [-0.15, -0.1) is 0 Å². The molecule has 0 aliphatic rings. The number of hydrogen-bond acceptors (Lipinski definition) is 3. The highest BCUT2D eigenvalue weighted by Gasteiger charge is 2.22. The Bertz CT molecular complexity index is 368. The number of rotatable bonds is 7. The zero-order valence-electron chi connectivity index (χ0n) is 10.2. The second-order valence-corrected chi connectivity index (χ2v) is 5.73. The molecule has 0 unspecified atom stereocenters. The van der Waals surface area contributed by atoms with Gasteiger partial charge in [-0.05, 0) is 38.0 Å². The molecule has 0 aromatic heterocycles. The van der Waals surface area contributed by atoms with Crippen molar-refractivity contribution in [3.05, 3.63) is 35.6 Å². The van der Waals surface area contributed by atoms with Crippen LogP contribution < -0.4 is 0 Å². The van der Waals surface area contributed by atoms with Crippen molar-refractivity contribution in [1.29, 1.82) is 0 Å². The van der Waals surface area contributed by atoms with Crippen LogP contribution in [0.1, 0.15) is 19.4 Å². The molecule has 0 fully saturated rings. The fourth-order valence-corrected chi connectivity index (χ4v) is 3.13. The third-order valence-corrected chi connectivity index (χ3v) is 4.31. The van der Waals surface area contributed by atoms with Crippen LogP contribution >= 0.6 is 7.60 Å². The van der Waals surface area contributed by atoms with E-state index < -0.39 is 7.60 Å². The molecule has 0 saturated heterocycles. The van der Waals surface area contributed by atoms with Crippen LogP contribution in [0.4, 0.5) is 4.39 Å². The molecule has 0 spiro atoms. The Morgan fingerprint density at radius 1 is 1.12 bits per heavy atom. The highest BCUT2D eigenvalue weighted by molar-refractivity contribution is 7.53. The van der Waals surface area contributed by atoms with E-state index in [1.165, 1.54) is 12.1 Å². The van der Waals surface area contributed by atoms with Crippen molar-refractivity contribution in [3.63, 3.8) is 0 Å². The Kier molecular flexibility index (Phi) is 5.83. The lowest BCUT2D eigenvalue weighted by molar-refractivity contribution is 0.220. The molecule has 96 valence electrons. The SMILES string of the molecule is CCOP(=O)(CCc1ccc(F)cc1)OCC. The highest BCUT2D eigenvalue weighted by atomic mass is 31.2. The summed E-state index contributed by atoms with van der Waals surface area (Å²) in [5.41, 5.74) is 0.922. The molecule has 0 aliphatic heterocycles. The van der Waals surface area contributed by atoms with Gasteiger partial charge in [0, 0.05) is 0 Å². The minimum Gasteiger partial charge on any atom is -0.309 e. The second kappa shape index (κ2) is 6.90. The van der Waals surface area contributed by atoms with Crippen molar-refractivity contribution in [2.24, 2.45) is 0 Å². The minimum absolute atomic E-state index is 0.272. The zero-order valence-corrected chi connectivity index (χ0v) is 11.1. The Morgan fingerprint density at radius 3 is 2.12 bits per heavy atom. The molecule has 17 heavy (non-hydrogen) atoms. The third-order valence-electron chi connectivity index (χ3n) is 2.24. The van der Waals surface area contributed by atoms with E-state index in [1.807, 2.05) is 0 Å². The van der Waals surface area contributed by atoms with Crippen LogP contribution in [0.5, 0.6) is 0 Å². The summed E-state index contributed by atoms with van der Waals surface area (Å²) in [6, 6.07) is 6.14. The summed E-state index contributed by atoms with van der Waals surface area (Å²) >= 11 is 0. The number of aryl methyl sites for hydroxylation is 1. The van der Waals surface area contributed by atoms with E-state index in [-0.39, 0.29) is 5.82 Å². The van der Waals surface area contributed by atoms with E-state index in [9.17, 15) is 8.96 Å². The monoisotopic (exact) mass is 260 g/mol. The van der Waals surface area contributed by atoms with Crippen LogP contribution in [-0.4, -0.2) is 19.4 Å². The molecule has 0 N–H and O–H groups in total. The summed E-state index contributed by atoms with van der Waals surface area (Å²) < 4.78 is 35.2. The van der Waals surface area contributed by atoms with Gasteiger partial charge in [0.05, 0.1) is 19.4 Å². The molecule has 1 rings (SSSR count). The lowest BCUT2D eigenvalue weighted by atomic mass is 10.2. The third kappa shape index (κ3) is 4.99. The average Bonchev–Trinajstić information content (AvgIpc) is 2.29. The average molecular weight is 260 g/mol. The van der Waals surface area contributed by atoms with Crippen molar-refractivity contribution >= 4 is 7.60 Å². The summed E-state index contributed by atoms with van der Waals surface area (Å²) in [6.07, 6.45) is 0.873. The smallest absolute Gasteiger partial charge is 0.309 e. The van der Waals surface area contributed by atoms with Gasteiger partial charge in [0.15, 0.2) is 0 Å². The number of hydrogen-bond donors (Lipinski definition) is 0. The van der Waals surface area contributed by atoms with E-state index in [1.54, 1.807) is 26.0 Å². The summed E-state index contributed by atoms with van der Waals surface area (Å²) in [7, 11) is -2.99. The van der Waals surface area contributed by atoms with E-state index in [0.29, 0.717) is 25.8 Å². The number of halogens is 1. The summed E-state index contributed by atoms with van der Waals surface area (Å²) in [6.45, 7) is 4.29. The maximum Gasteiger partial charge on any atom is 0.330 e. The van der Waals surface area contributed by atoms with Crippen LogP contribution in [0, 0.1) is 5.82 Å². The standard InChI is InChI=1S/C12H18FO3P/c1-3-15-17(14,16-4-2)10-9-11-5-7-12(13)8-6-11/h5-8H,3-4,9-10H2,1-2H3. The van der Waals surface area contributed by atoms with Crippen LogP contribution in [0.25, 0.3) is 0 Å². The van der Waals surface area contributed by atoms with Gasteiger partial charge in [-0.3, -0.25) is 4.57 Å². The first kappa shape index (κ1) is 14.4. The van der Waals surface area contributed by atoms with Gasteiger partial charge >= 0.3 is 7.60 Å². The Balaban J connectivity index is 2.57. The van der Waals surface area contributed by atoms with Crippen LogP contribution in [0.3, 0.4) is 0 Å². The second-order valence-electron chi connectivity index (χ2n) is 3.55. The molecule has 1 aromatic rings. The van der Waals surface area contributed by atoms with Gasteiger partial charge in [0.25, 0.3) is 0 Å². The van der Waals surface area contributed by atoms with Crippen LogP contribution in [0.15, 0.2) is 24.3 Å². The molecule has 0 amide bonds. The maximum atomic E-state index is 12.7. The van der Waals surface area contributed by atoms with Gasteiger partial charge in [-0.25, -0.2) is 4.39 Å². The van der Waals surface area contributed by atoms with Crippen molar-refractivity contribution < 1.29 is 18.0 Å². The van der Waals surface area contributed by atoms with Crippen LogP contribution in [0.2, 0.25) is 0 Å². The van der Waals surface area contributed by atoms with E-state index in [0.717, 1.165) is 5.56 Å². The molecule has 0 aliphatic carbocycles. The van der Waals surface area contributed by atoms with Gasteiger partial charge < -0.3 is 9.05 Å². The zero-order chi connectivity index (χ0) is 12.7. The van der Waals surface area contributed by atoms with Crippen molar-refractivity contribution in [3.8, 4) is 0 Å². The molecular formula is C12H18FO3P. The van der Waals surface area contributed by atoms with Gasteiger partial charge in [-0.1, -0.05) is 12.1 Å². The van der Waals surface area contributed by atoms with E-state index >= 15 is 0 Å². The van der Waals surface area contributed by atoms with Gasteiger partial charge in [0.1, 0.15) is 5.82 Å². The molecule has 0 bridgehead atoms. The first-order valence-electron chi connectivity index (χ1n) is 5.72. The molecule has 0 radical (unpaired) electrons. The molecule has 1 aromatic carbocycles. The first-order chi connectivity index (χ1) is 8.09. The molecule has 0 atom stereocenters. The number of benzene rings is 1. The van der Waals surface area contributed by atoms with Crippen molar-refractivity contribution in [1.82, 2.24) is 0 Å². The summed E-state index contributed by atoms with van der Waals surface area (Å²) in [5, 5.41) is 0. The quantitative estimate of drug-likeness (QED) is 0.702. The highest BCUT2D eigenvalue weighted by Crippen LogP contribution is 2.48. The molecular weight excluding hydrogens is 242 g/mol. The van der Waals surface area contributed by atoms with Crippen molar-refractivity contribution in [2.75, 3.05) is 19.4 Å². The Hall–Kier alpha value is -0.700. The summed E-state index contributed by atoms with van der Waals surface area (Å²) in [5.74, 6) is -0.272. The molecule has 3 nitrogen and oxygen atoms in total. The fourth-order valence-electron chi connectivity index (χ4n) is 1.48. The van der Waals surface area contributed by atoms with Crippen molar-refractivity contribution in [2.45, 2.75) is 20.3 Å². The Morgan fingerprint density at radius 2 is 1.65 bits per heavy atom. The molecule has 5 heteroatoms. The maximum absolute atomic E-state index is 12.7. The van der Waals surface area contributed by atoms with E-state index in [2.05, 4.69) is 0 Å². The molecule has 0 saturated carbocycles. The van der Waals surface area contributed by atoms with Gasteiger partial charge in [-0.2, -0.15) is 0 Å². The Labute approximate surface area is 101 Å². The van der Waals surface area contributed by atoms with Crippen LogP contribution in [-0.2, 0) is 20.0 Å². The normalized spacial score (nSPS) is 11.7. The fraction of sp³-hybridized carbons (Fsp3) is 0.500. The van der Waals surface area contributed by atoms with Gasteiger partial charge in [0.2, 0.25) is 0 Å². The first-order valence-corrected chi connectivity index (χ1v) is 7.45.